The first-order valence-corrected chi connectivity index (χ1v) is 5.95. The van der Waals surface area contributed by atoms with E-state index >= 15 is 0 Å². The third kappa shape index (κ3) is 0.763. The summed E-state index contributed by atoms with van der Waals surface area (Å²) in [5, 5.41) is 2.16. The molecule has 14 heavy (non-hydrogen) atoms. The van der Waals surface area contributed by atoms with Crippen molar-refractivity contribution < 1.29 is 4.84 Å². The second-order valence-corrected chi connectivity index (χ2v) is 5.40. The maximum absolute atomic E-state index is 5.99. The molecule has 4 rings (SSSR count). The molecule has 2 heteroatoms. The van der Waals surface area contributed by atoms with Gasteiger partial charge in [-0.3, -0.25) is 4.84 Å². The van der Waals surface area contributed by atoms with Gasteiger partial charge in [0.1, 0.15) is 0 Å². The molecule has 1 aliphatic heterocycles. The van der Waals surface area contributed by atoms with Crippen LogP contribution in [0.2, 0.25) is 0 Å². The highest BCUT2D eigenvalue weighted by molar-refractivity contribution is 5.27. The van der Waals surface area contributed by atoms with E-state index in [1.165, 1.54) is 25.7 Å². The van der Waals surface area contributed by atoms with E-state index in [-0.39, 0.29) is 0 Å². The average Bonchev–Trinajstić information content (AvgIpc) is 2.77. The Bertz CT molecular complexity index is 311. The van der Waals surface area contributed by atoms with Crippen molar-refractivity contribution in [2.45, 2.75) is 37.8 Å². The molecule has 2 bridgehead atoms. The first-order chi connectivity index (χ1) is 6.84. The van der Waals surface area contributed by atoms with Gasteiger partial charge in [0, 0.05) is 24.9 Å². The van der Waals surface area contributed by atoms with Crippen LogP contribution in [0, 0.1) is 17.8 Å². The normalized spacial score (nSPS) is 54.9. The van der Waals surface area contributed by atoms with Crippen molar-refractivity contribution in [1.82, 2.24) is 5.06 Å². The number of hydrogen-bond acceptors (Lipinski definition) is 2. The average molecular weight is 191 g/mol. The van der Waals surface area contributed by atoms with Crippen molar-refractivity contribution in [3.05, 3.63) is 11.6 Å². The summed E-state index contributed by atoms with van der Waals surface area (Å²) in [4.78, 5) is 5.99. The third-order valence-corrected chi connectivity index (χ3v) is 4.86. The summed E-state index contributed by atoms with van der Waals surface area (Å²) in [6.07, 6.45) is 8.56. The highest BCUT2D eigenvalue weighted by atomic mass is 16.7. The summed E-state index contributed by atoms with van der Waals surface area (Å²) in [6, 6.07) is 0.723. The van der Waals surface area contributed by atoms with E-state index < -0.39 is 0 Å². The summed E-state index contributed by atoms with van der Waals surface area (Å²) in [5.41, 5.74) is 1.78. The highest BCUT2D eigenvalue weighted by Crippen LogP contribution is 2.57. The van der Waals surface area contributed by atoms with Crippen LogP contribution < -0.4 is 0 Å². The number of hydrogen-bond donors (Lipinski definition) is 0. The topological polar surface area (TPSA) is 12.5 Å². The summed E-state index contributed by atoms with van der Waals surface area (Å²) in [6.45, 7) is 0. The second-order valence-electron chi connectivity index (χ2n) is 5.40. The number of allylic oxidation sites excluding steroid dienone is 1. The number of rotatable bonds is 0. The van der Waals surface area contributed by atoms with E-state index in [0.717, 1.165) is 23.8 Å². The molecule has 0 spiro atoms. The lowest BCUT2D eigenvalue weighted by Gasteiger charge is -2.23. The Balaban J connectivity index is 1.82. The first kappa shape index (κ1) is 7.89. The minimum Gasteiger partial charge on any atom is -0.295 e. The van der Waals surface area contributed by atoms with Gasteiger partial charge in [-0.15, -0.1) is 0 Å². The van der Waals surface area contributed by atoms with Crippen LogP contribution in [0.5, 0.6) is 0 Å². The van der Waals surface area contributed by atoms with E-state index in [0.29, 0.717) is 6.10 Å². The quantitative estimate of drug-likeness (QED) is 0.543. The van der Waals surface area contributed by atoms with Gasteiger partial charge in [0.15, 0.2) is 0 Å². The van der Waals surface area contributed by atoms with Crippen molar-refractivity contribution >= 4 is 0 Å². The predicted octanol–water partition coefficient (Wildman–Crippen LogP) is 1.98. The Labute approximate surface area is 84.9 Å². The lowest BCUT2D eigenvalue weighted by atomic mass is 9.82. The van der Waals surface area contributed by atoms with Crippen molar-refractivity contribution in [2.24, 2.45) is 17.8 Å². The molecule has 3 fully saturated rings. The molecule has 0 radical (unpaired) electrons. The smallest absolute Gasteiger partial charge is 0.0905 e. The molecule has 4 aliphatic rings. The summed E-state index contributed by atoms with van der Waals surface area (Å²) in [5.74, 6) is 2.49. The highest BCUT2D eigenvalue weighted by Gasteiger charge is 2.57. The standard InChI is InChI=1S/C12H17NO/c1-13-10-4-2-3-7-5-8-6-9(7)11(10)12(8)14-13/h5,8-12H,2-4,6H2,1H3/t8-,9-,10+,11+,12-/m1/s1. The van der Waals surface area contributed by atoms with Gasteiger partial charge in [-0.2, -0.15) is 5.06 Å². The predicted molar refractivity (Wildman–Crippen MR) is 53.4 cm³/mol. The molecule has 0 amide bonds. The van der Waals surface area contributed by atoms with E-state index in [4.69, 9.17) is 4.84 Å². The molecule has 2 nitrogen and oxygen atoms in total. The van der Waals surface area contributed by atoms with Gasteiger partial charge in [0.05, 0.1) is 6.10 Å². The molecule has 2 saturated carbocycles. The van der Waals surface area contributed by atoms with Crippen LogP contribution >= 0.6 is 0 Å². The molecule has 3 aliphatic carbocycles. The van der Waals surface area contributed by atoms with Gasteiger partial charge < -0.3 is 0 Å². The van der Waals surface area contributed by atoms with Gasteiger partial charge >= 0.3 is 0 Å². The number of hydroxylamine groups is 2. The molecule has 1 heterocycles. The summed E-state index contributed by atoms with van der Waals surface area (Å²) >= 11 is 0. The lowest BCUT2D eigenvalue weighted by Crippen LogP contribution is -2.31. The fourth-order valence-electron chi connectivity index (χ4n) is 4.37. The molecule has 76 valence electrons. The fourth-order valence-corrected chi connectivity index (χ4v) is 4.37. The molecule has 0 aromatic rings. The van der Waals surface area contributed by atoms with Gasteiger partial charge in [-0.1, -0.05) is 11.6 Å². The summed E-state index contributed by atoms with van der Waals surface area (Å²) < 4.78 is 0. The number of fused-ring (bicyclic) bond motifs is 2. The number of nitrogens with zero attached hydrogens (tertiary/aromatic N) is 1. The molecule has 0 aromatic carbocycles. The Morgan fingerprint density at radius 1 is 1.50 bits per heavy atom. The zero-order valence-corrected chi connectivity index (χ0v) is 8.65. The van der Waals surface area contributed by atoms with E-state index in [1.807, 2.05) is 0 Å². The second kappa shape index (κ2) is 2.42. The monoisotopic (exact) mass is 191 g/mol. The van der Waals surface area contributed by atoms with Crippen molar-refractivity contribution in [3.8, 4) is 0 Å². The molecule has 0 aromatic heterocycles. The molecule has 5 atom stereocenters. The minimum atomic E-state index is 0.539. The maximum Gasteiger partial charge on any atom is 0.0905 e. The Kier molecular flexibility index (Phi) is 1.36. The van der Waals surface area contributed by atoms with Gasteiger partial charge in [-0.25, -0.2) is 0 Å². The van der Waals surface area contributed by atoms with Crippen LogP contribution in [0.1, 0.15) is 25.7 Å². The van der Waals surface area contributed by atoms with Crippen LogP contribution in [-0.4, -0.2) is 24.3 Å². The zero-order valence-electron chi connectivity index (χ0n) is 8.65. The first-order valence-electron chi connectivity index (χ1n) is 5.95. The van der Waals surface area contributed by atoms with E-state index in [1.54, 1.807) is 5.57 Å². The molecule has 0 unspecified atom stereocenters. The van der Waals surface area contributed by atoms with E-state index in [2.05, 4.69) is 18.2 Å². The van der Waals surface area contributed by atoms with Crippen molar-refractivity contribution in [3.63, 3.8) is 0 Å². The van der Waals surface area contributed by atoms with Gasteiger partial charge in [-0.05, 0) is 31.6 Å². The minimum absolute atomic E-state index is 0.539. The Morgan fingerprint density at radius 2 is 2.43 bits per heavy atom. The zero-order chi connectivity index (χ0) is 9.28. The largest absolute Gasteiger partial charge is 0.295 e. The molecular formula is C12H17NO. The van der Waals surface area contributed by atoms with Crippen LogP contribution in [0.4, 0.5) is 0 Å². The SMILES string of the molecule is CN1O[C@H]2[C@H]3[C@@H]4C[C@H]2C=C4CCC[C@@H]31. The van der Waals surface area contributed by atoms with E-state index in [9.17, 15) is 0 Å². The fraction of sp³-hybridized carbons (Fsp3) is 0.833. The van der Waals surface area contributed by atoms with Crippen LogP contribution in [-0.2, 0) is 4.84 Å². The molecule has 0 N–H and O–H groups in total. The van der Waals surface area contributed by atoms with Crippen LogP contribution in [0.3, 0.4) is 0 Å². The van der Waals surface area contributed by atoms with Crippen molar-refractivity contribution in [1.29, 1.82) is 0 Å². The maximum atomic E-state index is 5.99. The van der Waals surface area contributed by atoms with Gasteiger partial charge in [0.2, 0.25) is 0 Å². The van der Waals surface area contributed by atoms with Crippen LogP contribution in [0.15, 0.2) is 11.6 Å². The lowest BCUT2D eigenvalue weighted by molar-refractivity contribution is -0.152. The van der Waals surface area contributed by atoms with Gasteiger partial charge in [0.25, 0.3) is 0 Å². The Morgan fingerprint density at radius 3 is 3.36 bits per heavy atom. The van der Waals surface area contributed by atoms with Crippen LogP contribution in [0.25, 0.3) is 0 Å². The molecule has 1 saturated heterocycles. The summed E-state index contributed by atoms with van der Waals surface area (Å²) in [7, 11) is 2.13. The van der Waals surface area contributed by atoms with Crippen molar-refractivity contribution in [2.75, 3.05) is 7.05 Å². The third-order valence-electron chi connectivity index (χ3n) is 4.86. The molecular weight excluding hydrogens is 174 g/mol. The Hall–Kier alpha value is -0.340.